The highest BCUT2D eigenvalue weighted by molar-refractivity contribution is 5.87. The smallest absolute Gasteiger partial charge is 0.118 e. The molecule has 0 spiro atoms. The van der Waals surface area contributed by atoms with Crippen molar-refractivity contribution in [3.63, 3.8) is 0 Å². The molecule has 0 radical (unpaired) electrons. The number of rotatable bonds is 3. The van der Waals surface area contributed by atoms with E-state index < -0.39 is 0 Å². The summed E-state index contributed by atoms with van der Waals surface area (Å²) in [6.45, 7) is 2.73. The molecule has 74 valence electrons. The third-order valence-electron chi connectivity index (χ3n) is 2.28. The zero-order valence-corrected chi connectivity index (χ0v) is 8.27. The van der Waals surface area contributed by atoms with Crippen LogP contribution in [-0.2, 0) is 0 Å². The molecule has 0 fully saturated rings. The van der Waals surface area contributed by atoms with Crippen LogP contribution in [0.15, 0.2) is 29.5 Å². The highest BCUT2D eigenvalue weighted by atomic mass is 15.2. The monoisotopic (exact) mass is 190 g/mol. The average Bonchev–Trinajstić information content (AvgIpc) is 2.63. The van der Waals surface area contributed by atoms with E-state index in [2.05, 4.69) is 27.2 Å². The van der Waals surface area contributed by atoms with Gasteiger partial charge in [-0.1, -0.05) is 0 Å². The first kappa shape index (κ1) is 8.99. The van der Waals surface area contributed by atoms with Crippen molar-refractivity contribution in [1.82, 2.24) is 9.88 Å². The summed E-state index contributed by atoms with van der Waals surface area (Å²) in [6, 6.07) is 3.92. The fourth-order valence-corrected chi connectivity index (χ4v) is 1.42. The molecule has 1 aromatic rings. The molecule has 0 bridgehead atoms. The first-order chi connectivity index (χ1) is 6.86. The number of nitrogens with zero attached hydrogens (tertiary/aromatic N) is 3. The van der Waals surface area contributed by atoms with Crippen molar-refractivity contribution in [2.24, 2.45) is 4.99 Å². The molecule has 0 amide bonds. The van der Waals surface area contributed by atoms with Gasteiger partial charge in [0.2, 0.25) is 0 Å². The van der Waals surface area contributed by atoms with Crippen molar-refractivity contribution in [3.8, 4) is 0 Å². The predicted octanol–water partition coefficient (Wildman–Crippen LogP) is 0.837. The zero-order valence-electron chi connectivity index (χ0n) is 8.27. The lowest BCUT2D eigenvalue weighted by Crippen LogP contribution is -2.28. The molecule has 1 aliphatic rings. The van der Waals surface area contributed by atoms with E-state index in [4.69, 9.17) is 0 Å². The predicted molar refractivity (Wildman–Crippen MR) is 57.7 cm³/mol. The van der Waals surface area contributed by atoms with Crippen LogP contribution in [0.25, 0.3) is 0 Å². The second-order valence-electron chi connectivity index (χ2n) is 3.31. The number of amidine groups is 1. The molecule has 4 heteroatoms. The van der Waals surface area contributed by atoms with Crippen LogP contribution in [0, 0.1) is 0 Å². The van der Waals surface area contributed by atoms with Crippen molar-refractivity contribution in [3.05, 3.63) is 24.5 Å². The molecule has 0 atom stereocenters. The van der Waals surface area contributed by atoms with Crippen molar-refractivity contribution >= 4 is 11.5 Å². The van der Waals surface area contributed by atoms with Gasteiger partial charge < -0.3 is 10.2 Å². The molecular formula is C10H14N4. The minimum Gasteiger partial charge on any atom is -0.377 e. The minimum absolute atomic E-state index is 0.780. The molecule has 0 aliphatic carbocycles. The highest BCUT2D eigenvalue weighted by Gasteiger charge is 2.10. The van der Waals surface area contributed by atoms with Gasteiger partial charge in [-0.25, -0.2) is 0 Å². The molecule has 0 saturated heterocycles. The number of likely N-dealkylation sites (N-methyl/N-ethyl adjacent to an activating group) is 1. The van der Waals surface area contributed by atoms with Crippen molar-refractivity contribution in [1.29, 1.82) is 0 Å². The van der Waals surface area contributed by atoms with E-state index in [-0.39, 0.29) is 0 Å². The topological polar surface area (TPSA) is 40.5 Å². The molecule has 14 heavy (non-hydrogen) atoms. The summed E-state index contributed by atoms with van der Waals surface area (Å²) < 4.78 is 0. The zero-order chi connectivity index (χ0) is 9.80. The Bertz CT molecular complexity index is 320. The average molecular weight is 190 g/mol. The van der Waals surface area contributed by atoms with E-state index in [9.17, 15) is 0 Å². The molecule has 1 aromatic heterocycles. The SMILES string of the molecule is CN1CCN=C1CNc1cccnc1. The Morgan fingerprint density at radius 1 is 1.57 bits per heavy atom. The molecule has 0 unspecified atom stereocenters. The van der Waals surface area contributed by atoms with Gasteiger partial charge in [0.1, 0.15) is 5.84 Å². The van der Waals surface area contributed by atoms with Gasteiger partial charge in [0.15, 0.2) is 0 Å². The Kier molecular flexibility index (Phi) is 2.62. The van der Waals surface area contributed by atoms with Crippen LogP contribution < -0.4 is 5.32 Å². The van der Waals surface area contributed by atoms with Gasteiger partial charge in [-0.15, -0.1) is 0 Å². The first-order valence-electron chi connectivity index (χ1n) is 4.74. The van der Waals surface area contributed by atoms with Crippen LogP contribution in [0.2, 0.25) is 0 Å². The lowest BCUT2D eigenvalue weighted by atomic mass is 10.4. The minimum atomic E-state index is 0.780. The van der Waals surface area contributed by atoms with E-state index in [1.54, 1.807) is 6.20 Å². The maximum atomic E-state index is 4.39. The summed E-state index contributed by atoms with van der Waals surface area (Å²) >= 11 is 0. The van der Waals surface area contributed by atoms with E-state index in [0.29, 0.717) is 0 Å². The van der Waals surface area contributed by atoms with Gasteiger partial charge in [0.25, 0.3) is 0 Å². The van der Waals surface area contributed by atoms with Crippen LogP contribution in [0.5, 0.6) is 0 Å². The van der Waals surface area contributed by atoms with Crippen LogP contribution in [-0.4, -0.2) is 42.4 Å². The Labute approximate surface area is 83.7 Å². The Hall–Kier alpha value is -1.58. The van der Waals surface area contributed by atoms with E-state index in [1.165, 1.54) is 0 Å². The number of hydrogen-bond donors (Lipinski definition) is 1. The number of hydrogen-bond acceptors (Lipinski definition) is 4. The lowest BCUT2D eigenvalue weighted by molar-refractivity contribution is 0.551. The van der Waals surface area contributed by atoms with Gasteiger partial charge in [0, 0.05) is 26.0 Å². The molecule has 2 rings (SSSR count). The number of aromatic nitrogens is 1. The largest absolute Gasteiger partial charge is 0.377 e. The third-order valence-corrected chi connectivity index (χ3v) is 2.28. The van der Waals surface area contributed by atoms with Gasteiger partial charge >= 0.3 is 0 Å². The molecule has 0 aromatic carbocycles. The fourth-order valence-electron chi connectivity index (χ4n) is 1.42. The summed E-state index contributed by atoms with van der Waals surface area (Å²) in [5.74, 6) is 1.12. The Morgan fingerprint density at radius 2 is 2.50 bits per heavy atom. The second kappa shape index (κ2) is 4.09. The summed E-state index contributed by atoms with van der Waals surface area (Å²) in [6.07, 6.45) is 3.58. The summed E-state index contributed by atoms with van der Waals surface area (Å²) in [5.41, 5.74) is 1.04. The van der Waals surface area contributed by atoms with Crippen molar-refractivity contribution in [2.75, 3.05) is 32.0 Å². The van der Waals surface area contributed by atoms with Gasteiger partial charge in [-0.2, -0.15) is 0 Å². The molecule has 4 nitrogen and oxygen atoms in total. The first-order valence-corrected chi connectivity index (χ1v) is 4.74. The van der Waals surface area contributed by atoms with E-state index >= 15 is 0 Å². The standard InChI is InChI=1S/C10H14N4/c1-14-6-5-12-10(14)8-13-9-3-2-4-11-7-9/h2-4,7,13H,5-6,8H2,1H3. The van der Waals surface area contributed by atoms with Crippen molar-refractivity contribution < 1.29 is 0 Å². The van der Waals surface area contributed by atoms with Crippen LogP contribution in [0.4, 0.5) is 5.69 Å². The normalized spacial score (nSPS) is 15.5. The molecule has 1 aliphatic heterocycles. The molecule has 2 heterocycles. The van der Waals surface area contributed by atoms with Crippen LogP contribution in [0.3, 0.4) is 0 Å². The number of aliphatic imine (C=N–C) groups is 1. The molecular weight excluding hydrogens is 176 g/mol. The second-order valence-corrected chi connectivity index (χ2v) is 3.31. The van der Waals surface area contributed by atoms with Gasteiger partial charge in [-0.05, 0) is 12.1 Å². The molecule has 0 saturated carbocycles. The fraction of sp³-hybridized carbons (Fsp3) is 0.400. The Morgan fingerprint density at radius 3 is 3.14 bits per heavy atom. The van der Waals surface area contributed by atoms with Crippen LogP contribution in [0.1, 0.15) is 0 Å². The number of nitrogens with one attached hydrogen (secondary N) is 1. The van der Waals surface area contributed by atoms with Gasteiger partial charge in [0.05, 0.1) is 18.8 Å². The quantitative estimate of drug-likeness (QED) is 0.767. The van der Waals surface area contributed by atoms with Crippen molar-refractivity contribution in [2.45, 2.75) is 0 Å². The third kappa shape index (κ3) is 2.02. The van der Waals surface area contributed by atoms with E-state index in [1.807, 2.05) is 18.3 Å². The highest BCUT2D eigenvalue weighted by Crippen LogP contribution is 2.04. The maximum absolute atomic E-state index is 4.39. The van der Waals surface area contributed by atoms with Gasteiger partial charge in [-0.3, -0.25) is 9.98 Å². The number of pyridine rings is 1. The summed E-state index contributed by atoms with van der Waals surface area (Å²) in [5, 5.41) is 3.28. The van der Waals surface area contributed by atoms with Crippen LogP contribution >= 0.6 is 0 Å². The number of anilines is 1. The van der Waals surface area contributed by atoms with E-state index in [0.717, 1.165) is 31.2 Å². The summed E-state index contributed by atoms with van der Waals surface area (Å²) in [4.78, 5) is 10.6. The molecule has 1 N–H and O–H groups in total. The summed E-state index contributed by atoms with van der Waals surface area (Å²) in [7, 11) is 2.07. The maximum Gasteiger partial charge on any atom is 0.118 e. The Balaban J connectivity index is 1.89. The lowest BCUT2D eigenvalue weighted by Gasteiger charge is -2.14.